The van der Waals surface area contributed by atoms with Crippen LogP contribution in [0.3, 0.4) is 0 Å². The molecule has 1 aliphatic rings. The average Bonchev–Trinajstić information content (AvgIpc) is 2.86. The summed E-state index contributed by atoms with van der Waals surface area (Å²) in [5.74, 6) is -1.40. The average molecular weight is 424 g/mol. The zero-order valence-electron chi connectivity index (χ0n) is 14.0. The first-order valence-corrected chi connectivity index (χ1v) is 9.50. The Morgan fingerprint density at radius 1 is 1.04 bits per heavy atom. The Morgan fingerprint density at radius 3 is 2.46 bits per heavy atom. The predicted molar refractivity (Wildman–Crippen MR) is 87.8 cm³/mol. The Bertz CT molecular complexity index is 972. The highest BCUT2D eigenvalue weighted by molar-refractivity contribution is 7.87. The predicted octanol–water partition coefficient (Wildman–Crippen LogP) is 4.73. The summed E-state index contributed by atoms with van der Waals surface area (Å²) < 4.78 is 100. The Hall–Kier alpha value is -2.56. The quantitative estimate of drug-likeness (QED) is 0.496. The van der Waals surface area contributed by atoms with Crippen molar-refractivity contribution in [1.29, 1.82) is 0 Å². The normalized spacial score (nSPS) is 15.5. The summed E-state index contributed by atoms with van der Waals surface area (Å²) in [5.41, 5.74) is 0.496. The first-order chi connectivity index (χ1) is 12.9. The van der Waals surface area contributed by atoms with Crippen LogP contribution in [0.1, 0.15) is 12.8 Å². The maximum Gasteiger partial charge on any atom is 0.586 e. The number of para-hydroxylation sites is 1. The summed E-state index contributed by atoms with van der Waals surface area (Å²) in [7, 11) is -4.26. The summed E-state index contributed by atoms with van der Waals surface area (Å²) in [6.45, 7) is 0. The molecule has 0 unspecified atom stereocenters. The van der Waals surface area contributed by atoms with Crippen molar-refractivity contribution in [2.24, 2.45) is 0 Å². The summed E-state index contributed by atoms with van der Waals surface area (Å²) in [5, 5.41) is 0. The van der Waals surface area contributed by atoms with Gasteiger partial charge in [0.25, 0.3) is 0 Å². The van der Waals surface area contributed by atoms with Crippen LogP contribution in [0.25, 0.3) is 11.1 Å². The van der Waals surface area contributed by atoms with E-state index in [1.165, 1.54) is 42.5 Å². The highest BCUT2D eigenvalue weighted by Gasteiger charge is 2.44. The Kier molecular flexibility index (Phi) is 5.13. The second kappa shape index (κ2) is 7.12. The Balaban J connectivity index is 1.78. The molecule has 0 N–H and O–H groups in total. The van der Waals surface area contributed by atoms with Crippen LogP contribution in [0.15, 0.2) is 42.5 Å². The second-order valence-corrected chi connectivity index (χ2v) is 7.58. The van der Waals surface area contributed by atoms with Gasteiger partial charge in [0.05, 0.1) is 5.75 Å². The van der Waals surface area contributed by atoms with Crippen molar-refractivity contribution in [2.45, 2.75) is 25.3 Å². The van der Waals surface area contributed by atoms with E-state index in [1.54, 1.807) is 0 Å². The van der Waals surface area contributed by atoms with Gasteiger partial charge in [-0.15, -0.1) is 8.78 Å². The van der Waals surface area contributed by atoms with Crippen LogP contribution < -0.4 is 13.7 Å². The number of benzene rings is 2. The van der Waals surface area contributed by atoms with Gasteiger partial charge in [-0.25, -0.2) is 0 Å². The molecule has 1 heterocycles. The van der Waals surface area contributed by atoms with Crippen molar-refractivity contribution in [3.8, 4) is 28.4 Å². The molecule has 0 bridgehead atoms. The van der Waals surface area contributed by atoms with Gasteiger partial charge in [-0.3, -0.25) is 0 Å². The largest absolute Gasteiger partial charge is 0.586 e. The maximum absolute atomic E-state index is 13.3. The van der Waals surface area contributed by atoms with Crippen molar-refractivity contribution >= 4 is 10.1 Å². The molecule has 0 aromatic heterocycles. The molecule has 3 rings (SSSR count). The van der Waals surface area contributed by atoms with E-state index in [-0.39, 0.29) is 22.8 Å². The van der Waals surface area contributed by atoms with Crippen molar-refractivity contribution in [3.63, 3.8) is 0 Å². The lowest BCUT2D eigenvalue weighted by Gasteiger charge is -2.11. The van der Waals surface area contributed by atoms with E-state index in [0.29, 0.717) is 5.56 Å². The minimum Gasteiger partial charge on any atom is -0.395 e. The van der Waals surface area contributed by atoms with Gasteiger partial charge in [-0.05, 0) is 30.2 Å². The van der Waals surface area contributed by atoms with Crippen LogP contribution in [0, 0.1) is 0 Å². The first kappa shape index (κ1) is 20.2. The van der Waals surface area contributed by atoms with Gasteiger partial charge in [0, 0.05) is 12.0 Å². The molecule has 0 aliphatic carbocycles. The summed E-state index contributed by atoms with van der Waals surface area (Å²) in [6.07, 6.45) is -10.2. The maximum atomic E-state index is 13.3. The molecule has 0 spiro atoms. The molecule has 2 aromatic carbocycles. The minimum atomic E-state index is -4.47. The number of fused-ring (bicyclic) bond motifs is 1. The number of hydrogen-bond acceptors (Lipinski definition) is 5. The van der Waals surface area contributed by atoms with E-state index in [2.05, 4.69) is 9.47 Å². The summed E-state index contributed by atoms with van der Waals surface area (Å²) in [4.78, 5) is 0. The summed E-state index contributed by atoms with van der Waals surface area (Å²) in [6, 6.07) is 9.62. The second-order valence-electron chi connectivity index (χ2n) is 5.89. The zero-order chi connectivity index (χ0) is 20.6. The monoisotopic (exact) mass is 424 g/mol. The van der Waals surface area contributed by atoms with Gasteiger partial charge in [-0.1, -0.05) is 24.3 Å². The molecule has 28 heavy (non-hydrogen) atoms. The molecule has 0 radical (unpaired) electrons. The van der Waals surface area contributed by atoms with Gasteiger partial charge in [0.2, 0.25) is 0 Å². The molecule has 0 amide bonds. The lowest BCUT2D eigenvalue weighted by atomic mass is 10.0. The van der Waals surface area contributed by atoms with E-state index < -0.39 is 41.2 Å². The molecule has 5 nitrogen and oxygen atoms in total. The molecule has 2 aromatic rings. The van der Waals surface area contributed by atoms with E-state index in [4.69, 9.17) is 4.18 Å². The molecule has 0 saturated heterocycles. The van der Waals surface area contributed by atoms with Gasteiger partial charge in [-0.2, -0.15) is 21.6 Å². The van der Waals surface area contributed by atoms with Crippen LogP contribution >= 0.6 is 0 Å². The van der Waals surface area contributed by atoms with Gasteiger partial charge in [0.15, 0.2) is 11.5 Å². The number of ether oxygens (including phenoxy) is 2. The molecule has 0 fully saturated rings. The third-order valence-corrected chi connectivity index (χ3v) is 4.89. The van der Waals surface area contributed by atoms with Gasteiger partial charge >= 0.3 is 22.6 Å². The Morgan fingerprint density at radius 2 is 1.75 bits per heavy atom. The zero-order valence-corrected chi connectivity index (χ0v) is 14.8. The lowest BCUT2D eigenvalue weighted by Crippen LogP contribution is -2.26. The van der Waals surface area contributed by atoms with Gasteiger partial charge < -0.3 is 13.7 Å². The van der Waals surface area contributed by atoms with Crippen molar-refractivity contribution in [3.05, 3.63) is 42.5 Å². The third-order valence-electron chi connectivity index (χ3n) is 3.65. The summed E-state index contributed by atoms with van der Waals surface area (Å²) >= 11 is 0. The first-order valence-electron chi connectivity index (χ1n) is 7.92. The van der Waals surface area contributed by atoms with Crippen LogP contribution in [-0.4, -0.2) is 26.6 Å². The van der Waals surface area contributed by atoms with Crippen LogP contribution in [0.2, 0.25) is 0 Å². The highest BCUT2D eigenvalue weighted by Crippen LogP contribution is 2.47. The number of alkyl halides is 5. The topological polar surface area (TPSA) is 61.8 Å². The fourth-order valence-corrected chi connectivity index (χ4v) is 3.53. The molecule has 0 atom stereocenters. The molecular formula is C17H13F5O5S. The lowest BCUT2D eigenvalue weighted by molar-refractivity contribution is -0.286. The molecule has 11 heteroatoms. The van der Waals surface area contributed by atoms with Crippen LogP contribution in [-0.2, 0) is 10.1 Å². The standard InChI is InChI=1S/C17H13F5O5S/c18-16(19,20)8-3-9-28(23,24)27-12-5-1-4-11(10-12)13-6-2-7-14-15(13)26-17(21,22)25-14/h1-2,4-7,10H,3,8-9H2. The van der Waals surface area contributed by atoms with Crippen molar-refractivity contribution in [1.82, 2.24) is 0 Å². The van der Waals surface area contributed by atoms with E-state index >= 15 is 0 Å². The molecule has 152 valence electrons. The molecule has 0 saturated carbocycles. The smallest absolute Gasteiger partial charge is 0.395 e. The van der Waals surface area contributed by atoms with E-state index in [9.17, 15) is 30.4 Å². The van der Waals surface area contributed by atoms with Crippen LogP contribution in [0.5, 0.6) is 17.2 Å². The number of halogens is 5. The highest BCUT2D eigenvalue weighted by atomic mass is 32.2. The molecule has 1 aliphatic heterocycles. The third kappa shape index (κ3) is 5.03. The van der Waals surface area contributed by atoms with E-state index in [1.807, 2.05) is 0 Å². The minimum absolute atomic E-state index is 0.173. The molecular weight excluding hydrogens is 411 g/mol. The number of rotatable bonds is 6. The van der Waals surface area contributed by atoms with E-state index in [0.717, 1.165) is 0 Å². The Labute approximate surface area is 156 Å². The fourth-order valence-electron chi connectivity index (χ4n) is 2.55. The van der Waals surface area contributed by atoms with Crippen molar-refractivity contribution in [2.75, 3.05) is 5.75 Å². The SMILES string of the molecule is O=S(=O)(CCCC(F)(F)F)Oc1cccc(-c2cccc3c2OC(F)(F)O3)c1. The number of hydrogen-bond donors (Lipinski definition) is 0. The van der Waals surface area contributed by atoms with Gasteiger partial charge in [0.1, 0.15) is 5.75 Å². The van der Waals surface area contributed by atoms with Crippen molar-refractivity contribution < 1.29 is 44.0 Å². The fraction of sp³-hybridized carbons (Fsp3) is 0.294. The van der Waals surface area contributed by atoms with Crippen LogP contribution in [0.4, 0.5) is 22.0 Å².